The molecule has 3 N–H and O–H groups in total. The second kappa shape index (κ2) is 4.13. The molecule has 66 valence electrons. The van der Waals surface area contributed by atoms with E-state index < -0.39 is 6.10 Å². The summed E-state index contributed by atoms with van der Waals surface area (Å²) in [6, 6.07) is 0. The van der Waals surface area contributed by atoms with Gasteiger partial charge in [-0.1, -0.05) is 0 Å². The first-order valence-corrected chi connectivity index (χ1v) is 3.87. The van der Waals surface area contributed by atoms with Crippen molar-refractivity contribution in [2.45, 2.75) is 19.4 Å². The van der Waals surface area contributed by atoms with E-state index in [1.165, 1.54) is 6.33 Å². The van der Waals surface area contributed by atoms with E-state index in [0.717, 1.165) is 11.3 Å². The molecule has 12 heavy (non-hydrogen) atoms. The number of aliphatic hydroxyl groups excluding tert-OH is 1. The van der Waals surface area contributed by atoms with Crippen molar-refractivity contribution in [3.8, 4) is 0 Å². The lowest BCUT2D eigenvalue weighted by atomic mass is 10.1. The van der Waals surface area contributed by atoms with Crippen molar-refractivity contribution in [1.82, 2.24) is 9.97 Å². The fraction of sp³-hybridized carbons (Fsp3) is 0.500. The van der Waals surface area contributed by atoms with Gasteiger partial charge in [-0.2, -0.15) is 0 Å². The topological polar surface area (TPSA) is 72.0 Å². The molecule has 1 rings (SSSR count). The van der Waals surface area contributed by atoms with Crippen molar-refractivity contribution in [1.29, 1.82) is 0 Å². The monoisotopic (exact) mass is 167 g/mol. The summed E-state index contributed by atoms with van der Waals surface area (Å²) in [5, 5.41) is 9.26. The molecule has 0 aliphatic rings. The molecule has 0 bridgehead atoms. The number of aryl methyl sites for hydroxylation is 1. The van der Waals surface area contributed by atoms with Crippen molar-refractivity contribution < 1.29 is 5.11 Å². The van der Waals surface area contributed by atoms with Crippen molar-refractivity contribution >= 4 is 0 Å². The summed E-state index contributed by atoms with van der Waals surface area (Å²) in [6.45, 7) is 2.16. The molecule has 4 nitrogen and oxygen atoms in total. The largest absolute Gasteiger partial charge is 0.391 e. The van der Waals surface area contributed by atoms with Gasteiger partial charge in [0.05, 0.1) is 6.10 Å². The molecule has 1 atom stereocenters. The number of nitrogens with two attached hydrogens (primary N) is 1. The first-order valence-electron chi connectivity index (χ1n) is 3.87. The summed E-state index contributed by atoms with van der Waals surface area (Å²) >= 11 is 0. The molecular formula is C8H13N3O. The molecule has 0 aromatic carbocycles. The van der Waals surface area contributed by atoms with E-state index >= 15 is 0 Å². The highest BCUT2D eigenvalue weighted by molar-refractivity contribution is 5.14. The van der Waals surface area contributed by atoms with Gasteiger partial charge in [0.25, 0.3) is 0 Å². The van der Waals surface area contributed by atoms with E-state index in [1.54, 1.807) is 6.20 Å². The third-order valence-corrected chi connectivity index (χ3v) is 1.74. The zero-order chi connectivity index (χ0) is 8.97. The molecule has 1 unspecified atom stereocenters. The van der Waals surface area contributed by atoms with Gasteiger partial charge in [-0.15, -0.1) is 0 Å². The van der Waals surface area contributed by atoms with E-state index in [2.05, 4.69) is 9.97 Å². The smallest absolute Gasteiger partial charge is 0.115 e. The molecule has 1 heterocycles. The molecule has 1 aromatic heterocycles. The van der Waals surface area contributed by atoms with E-state index in [4.69, 9.17) is 5.73 Å². The van der Waals surface area contributed by atoms with Crippen LogP contribution in [-0.2, 0) is 6.42 Å². The standard InChI is InChI=1S/C8H13N3O/c1-6-7(2-8(12)3-9)4-10-5-11-6/h4-5,8,12H,2-3,9H2,1H3. The maximum Gasteiger partial charge on any atom is 0.115 e. The molecule has 0 aliphatic carbocycles. The molecule has 4 heteroatoms. The molecule has 0 saturated carbocycles. The predicted octanol–water partition coefficient (Wildman–Crippen LogP) is -0.353. The molecule has 0 fully saturated rings. The lowest BCUT2D eigenvalue weighted by molar-refractivity contribution is 0.183. The van der Waals surface area contributed by atoms with Crippen molar-refractivity contribution in [2.24, 2.45) is 5.73 Å². The van der Waals surface area contributed by atoms with Crippen LogP contribution >= 0.6 is 0 Å². The van der Waals surface area contributed by atoms with Crippen LogP contribution in [0, 0.1) is 6.92 Å². The Labute approximate surface area is 71.5 Å². The Morgan fingerprint density at radius 1 is 1.67 bits per heavy atom. The lowest BCUT2D eigenvalue weighted by Gasteiger charge is -2.08. The highest BCUT2D eigenvalue weighted by Gasteiger charge is 2.05. The summed E-state index contributed by atoms with van der Waals surface area (Å²) in [5.74, 6) is 0. The van der Waals surface area contributed by atoms with Crippen LogP contribution in [0.2, 0.25) is 0 Å². The number of aromatic nitrogens is 2. The second-order valence-corrected chi connectivity index (χ2v) is 2.73. The van der Waals surface area contributed by atoms with Crippen molar-refractivity contribution in [3.05, 3.63) is 23.8 Å². The Bertz CT molecular complexity index is 252. The van der Waals surface area contributed by atoms with Gasteiger partial charge in [-0.25, -0.2) is 9.97 Å². The Morgan fingerprint density at radius 3 is 3.00 bits per heavy atom. The Balaban J connectivity index is 2.69. The average Bonchev–Trinajstić information content (AvgIpc) is 2.09. The first-order chi connectivity index (χ1) is 5.74. The van der Waals surface area contributed by atoms with Crippen LogP contribution in [0.1, 0.15) is 11.3 Å². The molecule has 0 spiro atoms. The highest BCUT2D eigenvalue weighted by Crippen LogP contribution is 2.04. The van der Waals surface area contributed by atoms with Crippen molar-refractivity contribution in [3.63, 3.8) is 0 Å². The highest BCUT2D eigenvalue weighted by atomic mass is 16.3. The van der Waals surface area contributed by atoms with E-state index in [-0.39, 0.29) is 6.54 Å². The van der Waals surface area contributed by atoms with Gasteiger partial charge in [-0.3, -0.25) is 0 Å². The second-order valence-electron chi connectivity index (χ2n) is 2.73. The minimum Gasteiger partial charge on any atom is -0.391 e. The summed E-state index contributed by atoms with van der Waals surface area (Å²) in [6.07, 6.45) is 3.24. The number of rotatable bonds is 3. The SMILES string of the molecule is Cc1ncncc1CC(O)CN. The van der Waals surface area contributed by atoms with Gasteiger partial charge in [0.15, 0.2) is 0 Å². The maximum absolute atomic E-state index is 9.26. The number of hydrogen-bond acceptors (Lipinski definition) is 4. The first kappa shape index (κ1) is 9.09. The summed E-state index contributed by atoms with van der Waals surface area (Å²) in [4.78, 5) is 7.87. The van der Waals surface area contributed by atoms with Crippen LogP contribution in [0.4, 0.5) is 0 Å². The third kappa shape index (κ3) is 2.25. The quantitative estimate of drug-likeness (QED) is 0.645. The fourth-order valence-corrected chi connectivity index (χ4v) is 0.957. The normalized spacial score (nSPS) is 12.9. The minimum atomic E-state index is -0.491. The fourth-order valence-electron chi connectivity index (χ4n) is 0.957. The predicted molar refractivity (Wildman–Crippen MR) is 45.5 cm³/mol. The van der Waals surface area contributed by atoms with Crippen LogP contribution in [0.5, 0.6) is 0 Å². The van der Waals surface area contributed by atoms with Crippen LogP contribution < -0.4 is 5.73 Å². The number of hydrogen-bond donors (Lipinski definition) is 2. The molecule has 0 aliphatic heterocycles. The van der Waals surface area contributed by atoms with Crippen molar-refractivity contribution in [2.75, 3.05) is 6.54 Å². The Kier molecular flexibility index (Phi) is 3.13. The van der Waals surface area contributed by atoms with E-state index in [9.17, 15) is 5.11 Å². The molecule has 0 saturated heterocycles. The van der Waals surface area contributed by atoms with Gasteiger partial charge in [0.2, 0.25) is 0 Å². The summed E-state index contributed by atoms with van der Waals surface area (Å²) in [5.41, 5.74) is 7.13. The molecule has 1 aromatic rings. The maximum atomic E-state index is 9.26. The number of aliphatic hydroxyl groups is 1. The van der Waals surface area contributed by atoms with Crippen LogP contribution in [-0.4, -0.2) is 27.7 Å². The van der Waals surface area contributed by atoms with Crippen LogP contribution in [0.25, 0.3) is 0 Å². The minimum absolute atomic E-state index is 0.272. The van der Waals surface area contributed by atoms with E-state index in [1.807, 2.05) is 6.92 Å². The van der Waals surface area contributed by atoms with Gasteiger partial charge in [0.1, 0.15) is 6.33 Å². The van der Waals surface area contributed by atoms with Gasteiger partial charge >= 0.3 is 0 Å². The lowest BCUT2D eigenvalue weighted by Crippen LogP contribution is -2.22. The van der Waals surface area contributed by atoms with Crippen LogP contribution in [0.3, 0.4) is 0 Å². The van der Waals surface area contributed by atoms with Gasteiger partial charge in [-0.05, 0) is 12.5 Å². The summed E-state index contributed by atoms with van der Waals surface area (Å²) in [7, 11) is 0. The van der Waals surface area contributed by atoms with Gasteiger partial charge < -0.3 is 10.8 Å². The Morgan fingerprint density at radius 2 is 2.42 bits per heavy atom. The third-order valence-electron chi connectivity index (χ3n) is 1.74. The molecular weight excluding hydrogens is 154 g/mol. The number of nitrogens with zero attached hydrogens (tertiary/aromatic N) is 2. The average molecular weight is 167 g/mol. The zero-order valence-corrected chi connectivity index (χ0v) is 7.07. The summed E-state index contributed by atoms with van der Waals surface area (Å²) < 4.78 is 0. The molecule has 0 radical (unpaired) electrons. The molecule has 0 amide bonds. The Hall–Kier alpha value is -1.00. The van der Waals surface area contributed by atoms with E-state index in [0.29, 0.717) is 6.42 Å². The van der Waals surface area contributed by atoms with Gasteiger partial charge in [0, 0.05) is 24.9 Å². The van der Waals surface area contributed by atoms with Crippen LogP contribution in [0.15, 0.2) is 12.5 Å². The zero-order valence-electron chi connectivity index (χ0n) is 7.07.